The van der Waals surface area contributed by atoms with Gasteiger partial charge >= 0.3 is 0 Å². The third-order valence-corrected chi connectivity index (χ3v) is 1.31. The average Bonchev–Trinajstić information content (AvgIpc) is 1.87. The Morgan fingerprint density at radius 1 is 1.60 bits per heavy atom. The van der Waals surface area contributed by atoms with E-state index in [1.165, 1.54) is 0 Å². The van der Waals surface area contributed by atoms with E-state index < -0.39 is 0 Å². The van der Waals surface area contributed by atoms with Gasteiger partial charge in [0.05, 0.1) is 0 Å². The van der Waals surface area contributed by atoms with Crippen molar-refractivity contribution in [2.75, 3.05) is 0 Å². The lowest BCUT2D eigenvalue weighted by Gasteiger charge is -1.97. The Kier molecular flexibility index (Phi) is 4.65. The van der Waals surface area contributed by atoms with E-state index >= 15 is 0 Å². The second kappa shape index (κ2) is 5.04. The van der Waals surface area contributed by atoms with Crippen LogP contribution in [-0.2, 0) is 0 Å². The molecule has 0 aromatic carbocycles. The van der Waals surface area contributed by atoms with Gasteiger partial charge in [0.15, 0.2) is 0 Å². The highest BCUT2D eigenvalue weighted by atomic mass is 13.9. The normalized spacial score (nSPS) is 13.4. The Bertz CT molecular complexity index is 140. The Labute approximate surface area is 64.0 Å². The Morgan fingerprint density at radius 3 is 2.60 bits per heavy atom. The van der Waals surface area contributed by atoms with E-state index in [2.05, 4.69) is 26.2 Å². The number of allylic oxidation sites excluding steroid dienone is 4. The molecule has 1 atom stereocenters. The zero-order valence-corrected chi connectivity index (χ0v) is 6.93. The molecular weight excluding hydrogens is 120 g/mol. The summed E-state index contributed by atoms with van der Waals surface area (Å²) in [6.45, 7) is 11.6. The predicted molar refractivity (Wildman–Crippen MR) is 47.9 cm³/mol. The molecule has 56 valence electrons. The van der Waals surface area contributed by atoms with Gasteiger partial charge in [0.1, 0.15) is 0 Å². The van der Waals surface area contributed by atoms with Gasteiger partial charge in [-0.3, -0.25) is 0 Å². The van der Waals surface area contributed by atoms with E-state index in [1.807, 2.05) is 19.1 Å². The monoisotopic (exact) mass is 136 g/mol. The summed E-state index contributed by atoms with van der Waals surface area (Å²) >= 11 is 0. The topological polar surface area (TPSA) is 0 Å². The third-order valence-electron chi connectivity index (χ3n) is 1.31. The van der Waals surface area contributed by atoms with Crippen molar-refractivity contribution in [3.8, 4) is 0 Å². The highest BCUT2D eigenvalue weighted by molar-refractivity contribution is 5.11. The van der Waals surface area contributed by atoms with Gasteiger partial charge in [-0.25, -0.2) is 0 Å². The van der Waals surface area contributed by atoms with E-state index in [0.717, 1.165) is 12.0 Å². The summed E-state index contributed by atoms with van der Waals surface area (Å²) in [4.78, 5) is 0. The summed E-state index contributed by atoms with van der Waals surface area (Å²) < 4.78 is 0. The molecule has 0 amide bonds. The minimum absolute atomic E-state index is 0.579. The molecule has 0 N–H and O–H groups in total. The van der Waals surface area contributed by atoms with Crippen LogP contribution in [0.2, 0.25) is 0 Å². The highest BCUT2D eigenvalue weighted by Gasteiger charge is 1.88. The summed E-state index contributed by atoms with van der Waals surface area (Å²) in [5.74, 6) is 0.579. The average molecular weight is 136 g/mol. The van der Waals surface area contributed by atoms with E-state index in [-0.39, 0.29) is 0 Å². The summed E-state index contributed by atoms with van der Waals surface area (Å²) in [5, 5.41) is 0. The van der Waals surface area contributed by atoms with Crippen LogP contribution in [0.25, 0.3) is 0 Å². The van der Waals surface area contributed by atoms with Gasteiger partial charge in [-0.05, 0) is 19.3 Å². The van der Waals surface area contributed by atoms with Crippen LogP contribution in [-0.4, -0.2) is 0 Å². The second-order valence-electron chi connectivity index (χ2n) is 2.70. The summed E-state index contributed by atoms with van der Waals surface area (Å²) in [7, 11) is 0. The molecule has 0 spiro atoms. The van der Waals surface area contributed by atoms with Crippen LogP contribution in [0.15, 0.2) is 37.0 Å². The van der Waals surface area contributed by atoms with Crippen molar-refractivity contribution in [3.05, 3.63) is 37.0 Å². The number of hydrogen-bond acceptors (Lipinski definition) is 0. The molecule has 0 radical (unpaired) electrons. The van der Waals surface area contributed by atoms with Gasteiger partial charge in [-0.2, -0.15) is 0 Å². The lowest BCUT2D eigenvalue weighted by molar-refractivity contribution is 0.746. The third kappa shape index (κ3) is 5.36. The maximum Gasteiger partial charge on any atom is -0.0230 e. The molecule has 0 bridgehead atoms. The SMILES string of the molecule is C=C[C@H](C)CC=CC(=C)C. The zero-order chi connectivity index (χ0) is 7.98. The fraction of sp³-hybridized carbons (Fsp3) is 0.400. The van der Waals surface area contributed by atoms with Crippen LogP contribution in [0, 0.1) is 5.92 Å². The van der Waals surface area contributed by atoms with Crippen molar-refractivity contribution in [1.82, 2.24) is 0 Å². The van der Waals surface area contributed by atoms with E-state index in [4.69, 9.17) is 0 Å². The maximum atomic E-state index is 3.77. The number of rotatable bonds is 4. The van der Waals surface area contributed by atoms with Crippen LogP contribution in [0.4, 0.5) is 0 Å². The number of hydrogen-bond donors (Lipinski definition) is 0. The van der Waals surface area contributed by atoms with E-state index in [9.17, 15) is 0 Å². The molecule has 0 rings (SSSR count). The molecule has 0 heterocycles. The fourth-order valence-electron chi connectivity index (χ4n) is 0.580. The first-order chi connectivity index (χ1) is 4.66. The van der Waals surface area contributed by atoms with Gasteiger partial charge in [0.25, 0.3) is 0 Å². The molecule has 0 aliphatic rings. The molecular formula is C10H16. The van der Waals surface area contributed by atoms with Crippen molar-refractivity contribution < 1.29 is 0 Å². The minimum Gasteiger partial charge on any atom is -0.103 e. The Hall–Kier alpha value is -0.780. The lowest BCUT2D eigenvalue weighted by atomic mass is 10.1. The van der Waals surface area contributed by atoms with Crippen molar-refractivity contribution in [2.24, 2.45) is 5.92 Å². The molecule has 0 aromatic rings. The smallest absolute Gasteiger partial charge is 0.0230 e. The lowest BCUT2D eigenvalue weighted by Crippen LogP contribution is -1.83. The van der Waals surface area contributed by atoms with Gasteiger partial charge in [-0.15, -0.1) is 6.58 Å². The highest BCUT2D eigenvalue weighted by Crippen LogP contribution is 2.03. The molecule has 0 saturated carbocycles. The quantitative estimate of drug-likeness (QED) is 0.411. The predicted octanol–water partition coefficient (Wildman–Crippen LogP) is 3.33. The molecule has 0 aliphatic heterocycles. The zero-order valence-electron chi connectivity index (χ0n) is 6.93. The summed E-state index contributed by atoms with van der Waals surface area (Å²) in [5.41, 5.74) is 1.11. The summed E-state index contributed by atoms with van der Waals surface area (Å²) in [6, 6.07) is 0. The first-order valence-corrected chi connectivity index (χ1v) is 3.61. The second-order valence-corrected chi connectivity index (χ2v) is 2.70. The van der Waals surface area contributed by atoms with Crippen molar-refractivity contribution >= 4 is 0 Å². The molecule has 0 nitrogen and oxygen atoms in total. The molecule has 0 aromatic heterocycles. The van der Waals surface area contributed by atoms with Gasteiger partial charge in [0, 0.05) is 0 Å². The van der Waals surface area contributed by atoms with Crippen LogP contribution in [0.5, 0.6) is 0 Å². The summed E-state index contributed by atoms with van der Waals surface area (Å²) in [6.07, 6.45) is 7.20. The first kappa shape index (κ1) is 9.22. The minimum atomic E-state index is 0.579. The van der Waals surface area contributed by atoms with Crippen molar-refractivity contribution in [2.45, 2.75) is 20.3 Å². The molecule has 0 heteroatoms. The fourth-order valence-corrected chi connectivity index (χ4v) is 0.580. The standard InChI is InChI=1S/C10H16/c1-5-10(4)8-6-7-9(2)3/h5-7,10H,1-2,8H2,3-4H3/t10-/m0/s1. The van der Waals surface area contributed by atoms with Crippen molar-refractivity contribution in [3.63, 3.8) is 0 Å². The molecule has 10 heavy (non-hydrogen) atoms. The Morgan fingerprint density at radius 2 is 2.20 bits per heavy atom. The van der Waals surface area contributed by atoms with Gasteiger partial charge in [0.2, 0.25) is 0 Å². The largest absolute Gasteiger partial charge is 0.103 e. The molecule has 0 fully saturated rings. The van der Waals surface area contributed by atoms with E-state index in [1.54, 1.807) is 0 Å². The van der Waals surface area contributed by atoms with E-state index in [0.29, 0.717) is 5.92 Å². The maximum absolute atomic E-state index is 3.77. The molecule has 0 aliphatic carbocycles. The van der Waals surface area contributed by atoms with Crippen LogP contribution in [0.3, 0.4) is 0 Å². The van der Waals surface area contributed by atoms with Gasteiger partial charge < -0.3 is 0 Å². The molecule has 0 unspecified atom stereocenters. The first-order valence-electron chi connectivity index (χ1n) is 3.61. The molecule has 0 saturated heterocycles. The van der Waals surface area contributed by atoms with Crippen LogP contribution < -0.4 is 0 Å². The van der Waals surface area contributed by atoms with Crippen LogP contribution >= 0.6 is 0 Å². The Balaban J connectivity index is 3.52. The van der Waals surface area contributed by atoms with Crippen LogP contribution in [0.1, 0.15) is 20.3 Å². The van der Waals surface area contributed by atoms with Crippen molar-refractivity contribution in [1.29, 1.82) is 0 Å². The van der Waals surface area contributed by atoms with Gasteiger partial charge in [-0.1, -0.05) is 37.3 Å².